The van der Waals surface area contributed by atoms with Crippen LogP contribution in [0.2, 0.25) is 0 Å². The predicted octanol–water partition coefficient (Wildman–Crippen LogP) is 4.71. The van der Waals surface area contributed by atoms with Gasteiger partial charge in [-0.05, 0) is 73.8 Å². The average Bonchev–Trinajstić information content (AvgIpc) is 2.84. The maximum Gasteiger partial charge on any atom is 0.262 e. The molecule has 0 unspecified atom stereocenters. The second-order valence-electron chi connectivity index (χ2n) is 8.79. The number of amides is 1. The molecule has 3 aromatic rings. The summed E-state index contributed by atoms with van der Waals surface area (Å²) in [6, 6.07) is 21.7. The second kappa shape index (κ2) is 10.8. The Morgan fingerprint density at radius 2 is 1.56 bits per heavy atom. The van der Waals surface area contributed by atoms with Crippen molar-refractivity contribution in [2.24, 2.45) is 0 Å². The number of piperidine rings is 1. The largest absolute Gasteiger partial charge is 0.348 e. The number of hydrogen-bond donors (Lipinski definition) is 2. The molecule has 1 heterocycles. The molecular weight excluding hydrogens is 446 g/mol. The van der Waals surface area contributed by atoms with Crippen LogP contribution in [-0.2, 0) is 23.1 Å². The minimum Gasteiger partial charge on any atom is -0.348 e. The zero-order valence-electron chi connectivity index (χ0n) is 19.5. The van der Waals surface area contributed by atoms with Crippen molar-refractivity contribution in [2.45, 2.75) is 44.2 Å². The molecule has 7 heteroatoms. The molecule has 0 atom stereocenters. The summed E-state index contributed by atoms with van der Waals surface area (Å²) in [6.45, 7) is 5.37. The SMILES string of the molecule is Cc1ccc(C(=O)NCc2ccc(CN3CCCCC3)cc2)cc1S(=O)(=O)Nc1ccccc1. The van der Waals surface area contributed by atoms with Gasteiger partial charge in [-0.25, -0.2) is 8.42 Å². The van der Waals surface area contributed by atoms with Gasteiger partial charge in [-0.15, -0.1) is 0 Å². The van der Waals surface area contributed by atoms with Crippen molar-refractivity contribution in [2.75, 3.05) is 17.8 Å². The highest BCUT2D eigenvalue weighted by Crippen LogP contribution is 2.21. The first-order valence-corrected chi connectivity index (χ1v) is 13.2. The number of benzene rings is 3. The maximum atomic E-state index is 12.9. The van der Waals surface area contributed by atoms with Crippen molar-refractivity contribution in [3.8, 4) is 0 Å². The molecule has 34 heavy (non-hydrogen) atoms. The molecule has 178 valence electrons. The molecule has 1 aliphatic rings. The first-order valence-electron chi connectivity index (χ1n) is 11.7. The van der Waals surface area contributed by atoms with Crippen molar-refractivity contribution >= 4 is 21.6 Å². The monoisotopic (exact) mass is 477 g/mol. The lowest BCUT2D eigenvalue weighted by Crippen LogP contribution is -2.29. The Hall–Kier alpha value is -3.16. The van der Waals surface area contributed by atoms with E-state index in [1.54, 1.807) is 43.3 Å². The predicted molar refractivity (Wildman–Crippen MR) is 135 cm³/mol. The number of anilines is 1. The van der Waals surface area contributed by atoms with Crippen molar-refractivity contribution in [1.82, 2.24) is 10.2 Å². The number of para-hydroxylation sites is 1. The number of carbonyl (C=O) groups excluding carboxylic acids is 1. The van der Waals surface area contributed by atoms with Crippen molar-refractivity contribution < 1.29 is 13.2 Å². The molecule has 6 nitrogen and oxygen atoms in total. The molecule has 0 spiro atoms. The number of likely N-dealkylation sites (tertiary alicyclic amines) is 1. The van der Waals surface area contributed by atoms with Crippen molar-refractivity contribution in [3.63, 3.8) is 0 Å². The number of sulfonamides is 1. The third kappa shape index (κ3) is 6.24. The fraction of sp³-hybridized carbons (Fsp3) is 0.296. The molecule has 0 bridgehead atoms. The summed E-state index contributed by atoms with van der Waals surface area (Å²) in [5.74, 6) is -0.312. The lowest BCUT2D eigenvalue weighted by Gasteiger charge is -2.26. The van der Waals surface area contributed by atoms with Gasteiger partial charge >= 0.3 is 0 Å². The summed E-state index contributed by atoms with van der Waals surface area (Å²) in [6.07, 6.45) is 3.87. The van der Waals surface area contributed by atoms with E-state index in [-0.39, 0.29) is 10.8 Å². The Labute approximate surface area is 202 Å². The first kappa shape index (κ1) is 24.0. The van der Waals surface area contributed by atoms with Crippen LogP contribution in [-0.4, -0.2) is 32.3 Å². The Morgan fingerprint density at radius 1 is 0.882 bits per heavy atom. The second-order valence-corrected chi connectivity index (χ2v) is 10.4. The van der Waals surface area contributed by atoms with E-state index < -0.39 is 10.0 Å². The summed E-state index contributed by atoms with van der Waals surface area (Å²) in [5, 5.41) is 2.90. The van der Waals surface area contributed by atoms with E-state index in [1.165, 1.54) is 30.9 Å². The number of hydrogen-bond acceptors (Lipinski definition) is 4. The third-order valence-electron chi connectivity index (χ3n) is 6.10. The highest BCUT2D eigenvalue weighted by Gasteiger charge is 2.19. The molecule has 0 saturated carbocycles. The van der Waals surface area contributed by atoms with Gasteiger partial charge in [-0.1, -0.05) is 55.0 Å². The van der Waals surface area contributed by atoms with Gasteiger partial charge in [0.1, 0.15) is 0 Å². The van der Waals surface area contributed by atoms with Crippen LogP contribution in [0, 0.1) is 6.92 Å². The maximum absolute atomic E-state index is 12.9. The Balaban J connectivity index is 1.38. The van der Waals surface area contributed by atoms with Crippen LogP contribution in [0.5, 0.6) is 0 Å². The lowest BCUT2D eigenvalue weighted by atomic mass is 10.1. The Kier molecular flexibility index (Phi) is 7.65. The van der Waals surface area contributed by atoms with Crippen LogP contribution >= 0.6 is 0 Å². The van der Waals surface area contributed by atoms with Crippen LogP contribution < -0.4 is 10.0 Å². The van der Waals surface area contributed by atoms with Crippen LogP contribution in [0.1, 0.15) is 46.3 Å². The van der Waals surface area contributed by atoms with E-state index in [0.29, 0.717) is 23.4 Å². The molecule has 3 aromatic carbocycles. The normalized spacial score (nSPS) is 14.5. The van der Waals surface area contributed by atoms with E-state index in [2.05, 4.69) is 27.1 Å². The van der Waals surface area contributed by atoms with Gasteiger partial charge in [0.05, 0.1) is 4.90 Å². The van der Waals surface area contributed by atoms with Crippen LogP contribution in [0.25, 0.3) is 0 Å². The van der Waals surface area contributed by atoms with Crippen LogP contribution in [0.15, 0.2) is 77.7 Å². The van der Waals surface area contributed by atoms with Gasteiger partial charge in [0.15, 0.2) is 0 Å². The smallest absolute Gasteiger partial charge is 0.262 e. The number of aryl methyl sites for hydroxylation is 1. The van der Waals surface area contributed by atoms with Crippen LogP contribution in [0.4, 0.5) is 5.69 Å². The van der Waals surface area contributed by atoms with Gasteiger partial charge in [0, 0.05) is 24.3 Å². The van der Waals surface area contributed by atoms with Crippen LogP contribution in [0.3, 0.4) is 0 Å². The van der Waals surface area contributed by atoms with E-state index in [4.69, 9.17) is 0 Å². The summed E-state index contributed by atoms with van der Waals surface area (Å²) < 4.78 is 28.4. The third-order valence-corrected chi connectivity index (χ3v) is 7.62. The summed E-state index contributed by atoms with van der Waals surface area (Å²) >= 11 is 0. The average molecular weight is 478 g/mol. The van der Waals surface area contributed by atoms with E-state index in [9.17, 15) is 13.2 Å². The molecular formula is C27H31N3O3S. The first-order chi connectivity index (χ1) is 16.4. The van der Waals surface area contributed by atoms with Gasteiger partial charge in [-0.2, -0.15) is 0 Å². The van der Waals surface area contributed by atoms with Gasteiger partial charge in [0.2, 0.25) is 0 Å². The Bertz CT molecular complexity index is 1220. The molecule has 1 amide bonds. The molecule has 1 saturated heterocycles. The zero-order chi connectivity index (χ0) is 24.0. The summed E-state index contributed by atoms with van der Waals surface area (Å²) in [5.41, 5.74) is 3.63. The minimum atomic E-state index is -3.82. The Morgan fingerprint density at radius 3 is 2.26 bits per heavy atom. The standard InChI is InChI=1S/C27H31N3O3S/c1-21-10-15-24(18-26(21)34(32,33)29-25-8-4-2-5-9-25)27(31)28-19-22-11-13-23(14-12-22)20-30-16-6-3-7-17-30/h2,4-5,8-15,18,29H,3,6-7,16-17,19-20H2,1H3,(H,28,31). The van der Waals surface area contributed by atoms with Gasteiger partial charge < -0.3 is 5.32 Å². The quantitative estimate of drug-likeness (QED) is 0.492. The van der Waals surface area contributed by atoms with Crippen molar-refractivity contribution in [3.05, 3.63) is 95.1 Å². The summed E-state index contributed by atoms with van der Waals surface area (Å²) in [7, 11) is -3.82. The van der Waals surface area contributed by atoms with Gasteiger partial charge in [0.25, 0.3) is 15.9 Å². The topological polar surface area (TPSA) is 78.5 Å². The molecule has 1 aliphatic heterocycles. The fourth-order valence-electron chi connectivity index (χ4n) is 4.17. The van der Waals surface area contributed by atoms with E-state index >= 15 is 0 Å². The zero-order valence-corrected chi connectivity index (χ0v) is 20.3. The lowest BCUT2D eigenvalue weighted by molar-refractivity contribution is 0.0950. The molecule has 0 radical (unpaired) electrons. The molecule has 4 rings (SSSR count). The van der Waals surface area contributed by atoms with Gasteiger partial charge in [-0.3, -0.25) is 14.4 Å². The highest BCUT2D eigenvalue weighted by atomic mass is 32.2. The highest BCUT2D eigenvalue weighted by molar-refractivity contribution is 7.92. The molecule has 1 fully saturated rings. The molecule has 0 aliphatic carbocycles. The number of rotatable bonds is 8. The van der Waals surface area contributed by atoms with E-state index in [1.807, 2.05) is 18.2 Å². The molecule has 0 aromatic heterocycles. The molecule has 2 N–H and O–H groups in total. The summed E-state index contributed by atoms with van der Waals surface area (Å²) in [4.78, 5) is 15.3. The minimum absolute atomic E-state index is 0.0890. The van der Waals surface area contributed by atoms with Crippen molar-refractivity contribution in [1.29, 1.82) is 0 Å². The number of carbonyl (C=O) groups is 1. The number of nitrogens with one attached hydrogen (secondary N) is 2. The number of nitrogens with zero attached hydrogens (tertiary/aromatic N) is 1. The van der Waals surface area contributed by atoms with E-state index in [0.717, 1.165) is 25.2 Å². The fourth-order valence-corrected chi connectivity index (χ4v) is 5.50.